The number of nitrogen functional groups attached to an aromatic ring is 1. The van der Waals surface area contributed by atoms with E-state index in [2.05, 4.69) is 25.7 Å². The quantitative estimate of drug-likeness (QED) is 0.244. The van der Waals surface area contributed by atoms with Gasteiger partial charge in [0.25, 0.3) is 5.91 Å². The molecule has 1 aromatic carbocycles. The summed E-state index contributed by atoms with van der Waals surface area (Å²) in [5, 5.41) is 9.85. The third kappa shape index (κ3) is 7.75. The summed E-state index contributed by atoms with van der Waals surface area (Å²) in [6.07, 6.45) is 10.9. The first kappa shape index (κ1) is 28.6. The van der Waals surface area contributed by atoms with Crippen molar-refractivity contribution >= 4 is 35.6 Å². The second-order valence-electron chi connectivity index (χ2n) is 9.97. The van der Waals surface area contributed by atoms with E-state index in [1.54, 1.807) is 54.6 Å². The van der Waals surface area contributed by atoms with Gasteiger partial charge in [-0.2, -0.15) is 5.10 Å². The maximum atomic E-state index is 13.0. The number of hydrogen-bond acceptors (Lipinski definition) is 8. The van der Waals surface area contributed by atoms with Crippen LogP contribution >= 0.6 is 0 Å². The molecule has 0 aliphatic heterocycles. The van der Waals surface area contributed by atoms with Crippen LogP contribution in [0, 0.1) is 0 Å². The predicted octanol–water partition coefficient (Wildman–Crippen LogP) is 3.48. The van der Waals surface area contributed by atoms with Crippen molar-refractivity contribution in [2.45, 2.75) is 64.1 Å². The summed E-state index contributed by atoms with van der Waals surface area (Å²) in [5.41, 5.74) is 8.69. The van der Waals surface area contributed by atoms with E-state index in [1.807, 2.05) is 20.8 Å². The minimum atomic E-state index is -0.363. The Morgan fingerprint density at radius 1 is 1.21 bits per heavy atom. The van der Waals surface area contributed by atoms with Gasteiger partial charge < -0.3 is 25.8 Å². The first-order valence-electron chi connectivity index (χ1n) is 12.5. The van der Waals surface area contributed by atoms with E-state index in [0.29, 0.717) is 33.9 Å². The van der Waals surface area contributed by atoms with Crippen LogP contribution in [0.25, 0.3) is 5.65 Å². The van der Waals surface area contributed by atoms with Crippen LogP contribution < -0.4 is 21.1 Å². The fourth-order valence-corrected chi connectivity index (χ4v) is 3.85. The van der Waals surface area contributed by atoms with Crippen LogP contribution in [0.1, 0.15) is 62.4 Å². The molecule has 2 amide bonds. The number of methoxy groups -OCH3 is 2. The number of hydrogen-bond donors (Lipinski definition) is 3. The van der Waals surface area contributed by atoms with Crippen LogP contribution in [0.5, 0.6) is 5.75 Å². The number of carbonyl (C=O) groups is 2. The number of benzene rings is 1. The zero-order chi connectivity index (χ0) is 27.7. The second-order valence-corrected chi connectivity index (χ2v) is 9.97. The smallest absolute Gasteiger partial charge is 0.259 e. The summed E-state index contributed by atoms with van der Waals surface area (Å²) >= 11 is 0. The first-order valence-corrected chi connectivity index (χ1v) is 12.5. The second kappa shape index (κ2) is 13.0. The van der Waals surface area contributed by atoms with Gasteiger partial charge in [0, 0.05) is 49.1 Å². The summed E-state index contributed by atoms with van der Waals surface area (Å²) in [6.45, 7) is 6.06. The molecule has 11 nitrogen and oxygen atoms in total. The molecule has 1 aliphatic carbocycles. The summed E-state index contributed by atoms with van der Waals surface area (Å²) in [5.74, 6) is -0.000438. The Morgan fingerprint density at radius 2 is 1.92 bits per heavy atom. The molecule has 4 rings (SSSR count). The van der Waals surface area contributed by atoms with Crippen molar-refractivity contribution in [3.8, 4) is 5.75 Å². The summed E-state index contributed by atoms with van der Waals surface area (Å²) in [4.78, 5) is 32.5. The lowest BCUT2D eigenvalue weighted by Gasteiger charge is -2.25. The average molecular weight is 524 g/mol. The Morgan fingerprint density at radius 3 is 2.55 bits per heavy atom. The molecule has 0 unspecified atom stereocenters. The lowest BCUT2D eigenvalue weighted by atomic mass is 9.91. The van der Waals surface area contributed by atoms with Gasteiger partial charge in [0.05, 0.1) is 30.5 Å². The molecule has 0 saturated heterocycles. The van der Waals surface area contributed by atoms with Crippen molar-refractivity contribution in [2.75, 3.05) is 25.3 Å². The molecular formula is C27H37N7O4. The van der Waals surface area contributed by atoms with Crippen LogP contribution in [-0.4, -0.2) is 65.0 Å². The normalized spacial score (nSPS) is 17.5. The number of rotatable bonds is 7. The van der Waals surface area contributed by atoms with Crippen molar-refractivity contribution in [3.05, 3.63) is 47.9 Å². The van der Waals surface area contributed by atoms with Gasteiger partial charge in [0.1, 0.15) is 11.4 Å². The highest BCUT2D eigenvalue weighted by molar-refractivity contribution is 6.09. The van der Waals surface area contributed by atoms with Crippen molar-refractivity contribution < 1.29 is 19.1 Å². The number of aliphatic imine (C=N–C) groups is 1. The van der Waals surface area contributed by atoms with E-state index in [4.69, 9.17) is 15.2 Å². The van der Waals surface area contributed by atoms with Crippen LogP contribution in [0.15, 0.2) is 41.8 Å². The van der Waals surface area contributed by atoms with Gasteiger partial charge in [0.15, 0.2) is 5.65 Å². The Kier molecular flexibility index (Phi) is 9.78. The van der Waals surface area contributed by atoms with Gasteiger partial charge in [-0.05, 0) is 58.6 Å². The van der Waals surface area contributed by atoms with Gasteiger partial charge in [-0.25, -0.2) is 9.50 Å². The zero-order valence-corrected chi connectivity index (χ0v) is 22.6. The topological polar surface area (TPSA) is 145 Å². The lowest BCUT2D eigenvalue weighted by Crippen LogP contribution is -2.33. The number of nitrogens with two attached hydrogens (primary N) is 1. The van der Waals surface area contributed by atoms with Crippen molar-refractivity contribution in [1.82, 2.24) is 19.9 Å². The van der Waals surface area contributed by atoms with Gasteiger partial charge >= 0.3 is 0 Å². The molecule has 0 radical (unpaired) electrons. The molecule has 204 valence electrons. The number of anilines is 2. The van der Waals surface area contributed by atoms with Crippen LogP contribution in [0.2, 0.25) is 0 Å². The first-order chi connectivity index (χ1) is 18.1. The van der Waals surface area contributed by atoms with Gasteiger partial charge in [-0.15, -0.1) is 0 Å². The molecular weight excluding hydrogens is 486 g/mol. The Balaban J connectivity index is 0.000000599. The van der Waals surface area contributed by atoms with Crippen molar-refractivity contribution in [1.29, 1.82) is 0 Å². The molecule has 4 N–H and O–H groups in total. The molecule has 3 aromatic rings. The third-order valence-electron chi connectivity index (χ3n) is 6.21. The highest BCUT2D eigenvalue weighted by Gasteiger charge is 2.21. The number of aromatic nitrogens is 3. The average Bonchev–Trinajstić information content (AvgIpc) is 3.31. The number of ether oxygens (including phenoxy) is 2. The van der Waals surface area contributed by atoms with Crippen molar-refractivity contribution in [2.24, 2.45) is 4.99 Å². The fraction of sp³-hybridized carbons (Fsp3) is 0.444. The molecule has 1 fully saturated rings. The molecule has 0 atom stereocenters. The highest BCUT2D eigenvalue weighted by Crippen LogP contribution is 2.27. The Bertz CT molecular complexity index is 1260. The maximum absolute atomic E-state index is 13.0. The van der Waals surface area contributed by atoms with Gasteiger partial charge in [-0.1, -0.05) is 0 Å². The maximum Gasteiger partial charge on any atom is 0.259 e. The van der Waals surface area contributed by atoms with E-state index in [-0.39, 0.29) is 23.6 Å². The molecule has 0 spiro atoms. The Labute approximate surface area is 222 Å². The molecule has 2 aromatic heterocycles. The number of nitrogens with zero attached hydrogens (tertiary/aromatic N) is 4. The number of carbonyl (C=O) groups excluding carboxylic acids is 2. The number of amides is 2. The minimum Gasteiger partial charge on any atom is -0.496 e. The summed E-state index contributed by atoms with van der Waals surface area (Å²) in [6, 6.07) is 5.42. The Hall–Kier alpha value is -3.99. The largest absolute Gasteiger partial charge is 0.496 e. The van der Waals surface area contributed by atoms with Crippen LogP contribution in [0.3, 0.4) is 0 Å². The number of nitrogens with one attached hydrogen (secondary N) is 2. The van der Waals surface area contributed by atoms with E-state index < -0.39 is 0 Å². The molecule has 38 heavy (non-hydrogen) atoms. The van der Waals surface area contributed by atoms with E-state index in [1.165, 1.54) is 7.11 Å². The van der Waals surface area contributed by atoms with Crippen LogP contribution in [0.4, 0.5) is 11.4 Å². The standard InChI is InChI=1S/C22H25N7O3.C5H12O/c1-32-20-10-18(23)14(11-25-15-3-5-16(6-4-15)26-13-30)9-17(20)22(31)28-19-12-27-29-8-2-7-24-21(19)29;1-5(2,3)6-4/h2,7-13,15-16H,3-6,23H2,1H3,(H,26,30)(H,28,31);1-4H3. The molecule has 0 bridgehead atoms. The predicted molar refractivity (Wildman–Crippen MR) is 148 cm³/mol. The monoisotopic (exact) mass is 523 g/mol. The van der Waals surface area contributed by atoms with Crippen LogP contribution in [-0.2, 0) is 9.53 Å². The lowest BCUT2D eigenvalue weighted by molar-refractivity contribution is -0.110. The summed E-state index contributed by atoms with van der Waals surface area (Å²) in [7, 11) is 3.20. The van der Waals surface area contributed by atoms with Gasteiger partial charge in [0.2, 0.25) is 6.41 Å². The van der Waals surface area contributed by atoms with Gasteiger partial charge in [-0.3, -0.25) is 14.6 Å². The fourth-order valence-electron chi connectivity index (χ4n) is 3.85. The van der Waals surface area contributed by atoms with E-state index in [9.17, 15) is 9.59 Å². The SMILES string of the molecule is COC(C)(C)C.COc1cc(N)c(C=NC2CCC(NC=O)CC2)cc1C(=O)Nc1cnn2cccnc12. The molecule has 11 heteroatoms. The zero-order valence-electron chi connectivity index (χ0n) is 22.6. The molecule has 1 saturated carbocycles. The highest BCUT2D eigenvalue weighted by atomic mass is 16.5. The molecule has 1 aliphatic rings. The van der Waals surface area contributed by atoms with E-state index >= 15 is 0 Å². The van der Waals surface area contributed by atoms with Crippen molar-refractivity contribution in [3.63, 3.8) is 0 Å². The third-order valence-corrected chi connectivity index (χ3v) is 6.21. The summed E-state index contributed by atoms with van der Waals surface area (Å²) < 4.78 is 11.9. The molecule has 2 heterocycles. The minimum absolute atomic E-state index is 0.0417. The van der Waals surface area contributed by atoms with E-state index in [0.717, 1.165) is 32.1 Å². The number of fused-ring (bicyclic) bond motifs is 1.